The molecule has 2 heterocycles. The van der Waals surface area contributed by atoms with Gasteiger partial charge in [-0.3, -0.25) is 14.5 Å². The Kier molecular flexibility index (Phi) is 3.13. The zero-order valence-electron chi connectivity index (χ0n) is 11.1. The molecule has 0 bridgehead atoms. The summed E-state index contributed by atoms with van der Waals surface area (Å²) in [6.45, 7) is 1.92. The Balaban J connectivity index is 2.33. The maximum Gasteiger partial charge on any atom is 0.280 e. The molecule has 1 aromatic carbocycles. The first-order valence-corrected chi connectivity index (χ1v) is 6.96. The molecule has 0 radical (unpaired) electrons. The van der Waals surface area contributed by atoms with Crippen LogP contribution in [0.25, 0.3) is 16.9 Å². The number of nitrogen functional groups attached to an aromatic ring is 1. The van der Waals surface area contributed by atoms with Crippen molar-refractivity contribution in [3.63, 3.8) is 0 Å². The van der Waals surface area contributed by atoms with Crippen LogP contribution in [0.4, 0.5) is 11.5 Å². The molecule has 2 N–H and O–H groups in total. The van der Waals surface area contributed by atoms with Crippen molar-refractivity contribution >= 4 is 33.1 Å². The number of halogens is 1. The number of anilines is 1. The maximum atomic E-state index is 11.3. The highest BCUT2D eigenvalue weighted by Gasteiger charge is 2.21. The average molecular weight is 347 g/mol. The van der Waals surface area contributed by atoms with E-state index in [4.69, 9.17) is 5.73 Å². The van der Waals surface area contributed by atoms with Crippen LogP contribution < -0.4 is 5.73 Å². The van der Waals surface area contributed by atoms with Crippen molar-refractivity contribution in [1.82, 2.24) is 9.38 Å². The number of nitro groups is 1. The standard InChI is InChI=1S/C14H11BrN4O2/c1-8-3-2-6-18-13(16)12(17-14(8)18)10-5-4-9(15)7-11(10)19(20)21/h2-7H,16H2,1H3. The molecule has 0 saturated heterocycles. The van der Waals surface area contributed by atoms with E-state index in [1.165, 1.54) is 6.07 Å². The molecule has 21 heavy (non-hydrogen) atoms. The number of nitrogens with two attached hydrogens (primary N) is 1. The first-order valence-electron chi connectivity index (χ1n) is 6.16. The van der Waals surface area contributed by atoms with E-state index in [1.54, 1.807) is 22.7 Å². The van der Waals surface area contributed by atoms with E-state index in [-0.39, 0.29) is 5.69 Å². The molecular weight excluding hydrogens is 336 g/mol. The highest BCUT2D eigenvalue weighted by atomic mass is 79.9. The zero-order valence-corrected chi connectivity index (χ0v) is 12.7. The molecule has 0 aliphatic rings. The number of hydrogen-bond donors (Lipinski definition) is 1. The first kappa shape index (κ1) is 13.6. The number of hydrogen-bond acceptors (Lipinski definition) is 4. The Morgan fingerprint density at radius 1 is 1.38 bits per heavy atom. The van der Waals surface area contributed by atoms with E-state index < -0.39 is 4.92 Å². The van der Waals surface area contributed by atoms with Crippen LogP contribution in [0.3, 0.4) is 0 Å². The summed E-state index contributed by atoms with van der Waals surface area (Å²) in [5, 5.41) is 11.3. The van der Waals surface area contributed by atoms with Gasteiger partial charge in [0.15, 0.2) is 0 Å². The molecule has 0 atom stereocenters. The van der Waals surface area contributed by atoms with E-state index in [0.717, 1.165) is 5.56 Å². The van der Waals surface area contributed by atoms with E-state index in [2.05, 4.69) is 20.9 Å². The first-order chi connectivity index (χ1) is 9.99. The smallest absolute Gasteiger partial charge is 0.280 e. The number of imidazole rings is 1. The van der Waals surface area contributed by atoms with Crippen LogP contribution in [0.1, 0.15) is 5.56 Å². The predicted octanol–water partition coefficient (Wildman–Crippen LogP) is 3.56. The van der Waals surface area contributed by atoms with Gasteiger partial charge in [0.25, 0.3) is 5.69 Å². The summed E-state index contributed by atoms with van der Waals surface area (Å²) in [6.07, 6.45) is 1.79. The van der Waals surface area contributed by atoms with E-state index >= 15 is 0 Å². The average Bonchev–Trinajstić information content (AvgIpc) is 2.78. The summed E-state index contributed by atoms with van der Waals surface area (Å²) >= 11 is 3.24. The van der Waals surface area contributed by atoms with Gasteiger partial charge in [-0.15, -0.1) is 0 Å². The van der Waals surface area contributed by atoms with Gasteiger partial charge < -0.3 is 5.73 Å². The lowest BCUT2D eigenvalue weighted by Gasteiger charge is -2.02. The fraction of sp³-hybridized carbons (Fsp3) is 0.0714. The summed E-state index contributed by atoms with van der Waals surface area (Å²) in [5.74, 6) is 0.388. The van der Waals surface area contributed by atoms with Crippen molar-refractivity contribution in [2.75, 3.05) is 5.73 Å². The lowest BCUT2D eigenvalue weighted by molar-refractivity contribution is -0.384. The van der Waals surface area contributed by atoms with Crippen LogP contribution in [0, 0.1) is 17.0 Å². The molecular formula is C14H11BrN4O2. The number of nitrogens with zero attached hydrogens (tertiary/aromatic N) is 3. The van der Waals surface area contributed by atoms with Crippen LogP contribution in [-0.4, -0.2) is 14.3 Å². The van der Waals surface area contributed by atoms with Gasteiger partial charge >= 0.3 is 0 Å². The van der Waals surface area contributed by atoms with Gasteiger partial charge in [0.2, 0.25) is 0 Å². The third kappa shape index (κ3) is 2.15. The minimum Gasteiger partial charge on any atom is -0.383 e. The lowest BCUT2D eigenvalue weighted by Crippen LogP contribution is -1.96. The summed E-state index contributed by atoms with van der Waals surface area (Å²) in [7, 11) is 0. The molecule has 0 amide bonds. The SMILES string of the molecule is Cc1cccn2c(N)c(-c3ccc(Br)cc3[N+](=O)[O-])nc12. The quantitative estimate of drug-likeness (QED) is 0.567. The number of aryl methyl sites for hydroxylation is 1. The van der Waals surface area contributed by atoms with E-state index in [1.807, 2.05) is 19.1 Å². The molecule has 3 rings (SSSR count). The highest BCUT2D eigenvalue weighted by Crippen LogP contribution is 2.35. The number of rotatable bonds is 2. The van der Waals surface area contributed by atoms with Crippen molar-refractivity contribution in [2.24, 2.45) is 0 Å². The van der Waals surface area contributed by atoms with E-state index in [0.29, 0.717) is 27.2 Å². The predicted molar refractivity (Wildman–Crippen MR) is 84.1 cm³/mol. The number of aromatic nitrogens is 2. The largest absolute Gasteiger partial charge is 0.383 e. The van der Waals surface area contributed by atoms with Crippen LogP contribution in [-0.2, 0) is 0 Å². The van der Waals surface area contributed by atoms with Gasteiger partial charge in [0, 0.05) is 16.7 Å². The highest BCUT2D eigenvalue weighted by molar-refractivity contribution is 9.10. The van der Waals surface area contributed by atoms with Gasteiger partial charge in [-0.05, 0) is 30.7 Å². The molecule has 0 spiro atoms. The Labute approximate surface area is 128 Å². The summed E-state index contributed by atoms with van der Waals surface area (Å²) in [5.41, 5.74) is 8.56. The molecule has 0 unspecified atom stereocenters. The second-order valence-electron chi connectivity index (χ2n) is 4.65. The van der Waals surface area contributed by atoms with Crippen molar-refractivity contribution in [3.8, 4) is 11.3 Å². The Hall–Kier alpha value is -2.41. The number of benzene rings is 1. The normalized spacial score (nSPS) is 11.0. The fourth-order valence-corrected chi connectivity index (χ4v) is 2.63. The van der Waals surface area contributed by atoms with Crippen LogP contribution in [0.5, 0.6) is 0 Å². The van der Waals surface area contributed by atoms with Gasteiger partial charge in [-0.1, -0.05) is 22.0 Å². The fourth-order valence-electron chi connectivity index (χ4n) is 2.28. The van der Waals surface area contributed by atoms with Crippen molar-refractivity contribution in [3.05, 3.63) is 56.7 Å². The molecule has 106 valence electrons. The molecule has 0 fully saturated rings. The van der Waals surface area contributed by atoms with E-state index in [9.17, 15) is 10.1 Å². The Morgan fingerprint density at radius 3 is 2.81 bits per heavy atom. The zero-order chi connectivity index (χ0) is 15.1. The third-order valence-corrected chi connectivity index (χ3v) is 3.79. The van der Waals surface area contributed by atoms with Crippen LogP contribution >= 0.6 is 15.9 Å². The second-order valence-corrected chi connectivity index (χ2v) is 5.56. The molecule has 6 nitrogen and oxygen atoms in total. The summed E-state index contributed by atoms with van der Waals surface area (Å²) in [4.78, 5) is 15.3. The molecule has 0 saturated carbocycles. The number of nitro benzene ring substituents is 1. The van der Waals surface area contributed by atoms with Gasteiger partial charge in [-0.2, -0.15) is 0 Å². The molecule has 2 aromatic heterocycles. The lowest BCUT2D eigenvalue weighted by atomic mass is 10.1. The van der Waals surface area contributed by atoms with Gasteiger partial charge in [0.05, 0.1) is 10.5 Å². The second kappa shape index (κ2) is 4.85. The Morgan fingerprint density at radius 2 is 2.14 bits per heavy atom. The monoisotopic (exact) mass is 346 g/mol. The molecule has 7 heteroatoms. The topological polar surface area (TPSA) is 86.5 Å². The van der Waals surface area contributed by atoms with Crippen molar-refractivity contribution in [2.45, 2.75) is 6.92 Å². The molecule has 0 aliphatic heterocycles. The summed E-state index contributed by atoms with van der Waals surface area (Å²) in [6, 6.07) is 8.61. The van der Waals surface area contributed by atoms with Crippen LogP contribution in [0.15, 0.2) is 41.0 Å². The minimum atomic E-state index is -0.434. The number of fused-ring (bicyclic) bond motifs is 1. The number of pyridine rings is 1. The third-order valence-electron chi connectivity index (χ3n) is 3.29. The van der Waals surface area contributed by atoms with Crippen molar-refractivity contribution in [1.29, 1.82) is 0 Å². The van der Waals surface area contributed by atoms with Crippen LogP contribution in [0.2, 0.25) is 0 Å². The summed E-state index contributed by atoms with van der Waals surface area (Å²) < 4.78 is 2.37. The van der Waals surface area contributed by atoms with Gasteiger partial charge in [-0.25, -0.2) is 4.98 Å². The van der Waals surface area contributed by atoms with Crippen molar-refractivity contribution < 1.29 is 4.92 Å². The molecule has 0 aliphatic carbocycles. The minimum absolute atomic E-state index is 0.0304. The molecule has 3 aromatic rings. The Bertz CT molecular complexity index is 873. The maximum absolute atomic E-state index is 11.3. The van der Waals surface area contributed by atoms with Gasteiger partial charge in [0.1, 0.15) is 17.2 Å².